The second-order valence-corrected chi connectivity index (χ2v) is 7.77. The molecule has 0 radical (unpaired) electrons. The number of alkyl halides is 1. The highest BCUT2D eigenvalue weighted by Gasteiger charge is 2.23. The van der Waals surface area contributed by atoms with Crippen molar-refractivity contribution in [3.8, 4) is 0 Å². The Hall–Kier alpha value is -0.820. The van der Waals surface area contributed by atoms with Crippen LogP contribution >= 0.6 is 22.9 Å². The van der Waals surface area contributed by atoms with Crippen LogP contribution in [0.15, 0.2) is 34.7 Å². The summed E-state index contributed by atoms with van der Waals surface area (Å²) in [5, 5.41) is 1.94. The number of nitrogens with zero attached hydrogens (tertiary/aromatic N) is 2. The Morgan fingerprint density at radius 1 is 1.45 bits per heavy atom. The standard InChI is InChI=1S/C13H17ClN2O2S2/c1-3-16-10-13(7-11(16)8-14)20(17,18)15(2)9-12-5-4-6-19-12/h4-7,10H,3,8-9H2,1-2H3. The predicted molar refractivity (Wildman–Crippen MR) is 82.6 cm³/mol. The number of halogens is 1. The largest absolute Gasteiger partial charge is 0.349 e. The first-order chi connectivity index (χ1) is 9.48. The Morgan fingerprint density at radius 3 is 2.70 bits per heavy atom. The number of rotatable bonds is 6. The monoisotopic (exact) mass is 332 g/mol. The van der Waals surface area contributed by atoms with Crippen molar-refractivity contribution in [2.45, 2.75) is 30.8 Å². The number of thiophene rings is 1. The Kier molecular flexibility index (Phi) is 4.90. The fourth-order valence-corrected chi connectivity index (χ4v) is 4.24. The lowest BCUT2D eigenvalue weighted by Crippen LogP contribution is -2.25. The maximum Gasteiger partial charge on any atom is 0.244 e. The van der Waals surface area contributed by atoms with E-state index < -0.39 is 10.0 Å². The van der Waals surface area contributed by atoms with Gasteiger partial charge in [-0.15, -0.1) is 22.9 Å². The lowest BCUT2D eigenvalue weighted by atomic mass is 10.5. The molecule has 0 atom stereocenters. The van der Waals surface area contributed by atoms with Crippen LogP contribution < -0.4 is 0 Å². The average Bonchev–Trinajstić information content (AvgIpc) is 3.06. The third-order valence-corrected chi connectivity index (χ3v) is 6.01. The van der Waals surface area contributed by atoms with Gasteiger partial charge in [-0.05, 0) is 24.4 Å². The van der Waals surface area contributed by atoms with Crippen LogP contribution in [0.2, 0.25) is 0 Å². The van der Waals surface area contributed by atoms with Gasteiger partial charge in [-0.1, -0.05) is 6.07 Å². The van der Waals surface area contributed by atoms with Crippen LogP contribution in [0.5, 0.6) is 0 Å². The molecule has 2 aromatic rings. The maximum atomic E-state index is 12.5. The summed E-state index contributed by atoms with van der Waals surface area (Å²) in [6.45, 7) is 3.04. The first-order valence-electron chi connectivity index (χ1n) is 6.22. The second-order valence-electron chi connectivity index (χ2n) is 4.43. The van der Waals surface area contributed by atoms with Gasteiger partial charge in [0, 0.05) is 36.9 Å². The number of sulfonamides is 1. The molecule has 0 aliphatic carbocycles. The molecule has 0 aliphatic heterocycles. The molecule has 2 heterocycles. The van der Waals surface area contributed by atoms with E-state index in [1.807, 2.05) is 29.0 Å². The molecule has 0 amide bonds. The van der Waals surface area contributed by atoms with Crippen molar-refractivity contribution in [3.63, 3.8) is 0 Å². The zero-order chi connectivity index (χ0) is 14.8. The molecule has 2 rings (SSSR count). The van der Waals surface area contributed by atoms with Gasteiger partial charge in [0.2, 0.25) is 10.0 Å². The molecule has 7 heteroatoms. The van der Waals surface area contributed by atoms with Crippen LogP contribution in [0.25, 0.3) is 0 Å². The molecule has 0 saturated carbocycles. The molecule has 0 unspecified atom stereocenters. The number of aryl methyl sites for hydroxylation is 1. The molecule has 4 nitrogen and oxygen atoms in total. The van der Waals surface area contributed by atoms with Gasteiger partial charge in [0.1, 0.15) is 4.90 Å². The molecule has 0 N–H and O–H groups in total. The van der Waals surface area contributed by atoms with Gasteiger partial charge in [0.15, 0.2) is 0 Å². The quantitative estimate of drug-likeness (QED) is 0.763. The van der Waals surface area contributed by atoms with Gasteiger partial charge >= 0.3 is 0 Å². The summed E-state index contributed by atoms with van der Waals surface area (Å²) in [6, 6.07) is 5.49. The van der Waals surface area contributed by atoms with E-state index in [1.165, 1.54) is 4.31 Å². The van der Waals surface area contributed by atoms with Crippen LogP contribution in [-0.4, -0.2) is 24.3 Å². The summed E-state index contributed by atoms with van der Waals surface area (Å²) >= 11 is 7.39. The average molecular weight is 333 g/mol. The Balaban J connectivity index is 2.27. The van der Waals surface area contributed by atoms with Gasteiger partial charge in [-0.25, -0.2) is 8.42 Å². The third-order valence-electron chi connectivity index (χ3n) is 3.11. The van der Waals surface area contributed by atoms with Gasteiger partial charge in [-0.2, -0.15) is 4.31 Å². The van der Waals surface area contributed by atoms with Crippen molar-refractivity contribution in [1.29, 1.82) is 0 Å². The Labute approximate surface area is 128 Å². The zero-order valence-electron chi connectivity index (χ0n) is 11.4. The fourth-order valence-electron chi connectivity index (χ4n) is 1.96. The normalized spacial score (nSPS) is 12.2. The minimum Gasteiger partial charge on any atom is -0.349 e. The molecule has 110 valence electrons. The third kappa shape index (κ3) is 3.09. The summed E-state index contributed by atoms with van der Waals surface area (Å²) in [7, 11) is -1.88. The summed E-state index contributed by atoms with van der Waals surface area (Å²) in [5.41, 5.74) is 0.817. The van der Waals surface area contributed by atoms with Gasteiger partial charge in [0.25, 0.3) is 0 Å². The highest BCUT2D eigenvalue weighted by molar-refractivity contribution is 7.89. The van der Waals surface area contributed by atoms with E-state index in [4.69, 9.17) is 11.6 Å². The molecule has 2 aromatic heterocycles. The topological polar surface area (TPSA) is 42.3 Å². The molecule has 0 aliphatic rings. The van der Waals surface area contributed by atoms with Crippen LogP contribution in [0.3, 0.4) is 0 Å². The van der Waals surface area contributed by atoms with Crippen LogP contribution in [0, 0.1) is 0 Å². The lowest BCUT2D eigenvalue weighted by molar-refractivity contribution is 0.469. The van der Waals surface area contributed by atoms with E-state index in [1.54, 1.807) is 30.6 Å². The van der Waals surface area contributed by atoms with E-state index in [0.29, 0.717) is 23.9 Å². The molecule has 0 saturated heterocycles. The summed E-state index contributed by atoms with van der Waals surface area (Å²) < 4.78 is 28.3. The molecule has 20 heavy (non-hydrogen) atoms. The Morgan fingerprint density at radius 2 is 2.20 bits per heavy atom. The van der Waals surface area contributed by atoms with Crippen molar-refractivity contribution in [2.24, 2.45) is 0 Å². The van der Waals surface area contributed by atoms with Crippen molar-refractivity contribution in [3.05, 3.63) is 40.3 Å². The van der Waals surface area contributed by atoms with E-state index >= 15 is 0 Å². The van der Waals surface area contributed by atoms with E-state index in [9.17, 15) is 8.42 Å². The summed E-state index contributed by atoms with van der Waals surface area (Å²) in [6.07, 6.45) is 1.65. The molecular weight excluding hydrogens is 316 g/mol. The van der Waals surface area contributed by atoms with Crippen molar-refractivity contribution >= 4 is 33.0 Å². The van der Waals surface area contributed by atoms with Crippen molar-refractivity contribution in [1.82, 2.24) is 8.87 Å². The van der Waals surface area contributed by atoms with Crippen LogP contribution in [-0.2, 0) is 29.0 Å². The van der Waals surface area contributed by atoms with Crippen LogP contribution in [0.4, 0.5) is 0 Å². The number of hydrogen-bond acceptors (Lipinski definition) is 3. The molecular formula is C13H17ClN2O2S2. The summed E-state index contributed by atoms with van der Waals surface area (Å²) in [5.74, 6) is 0.304. The van der Waals surface area contributed by atoms with E-state index in [-0.39, 0.29) is 0 Å². The van der Waals surface area contributed by atoms with Gasteiger partial charge in [0.05, 0.1) is 5.88 Å². The number of hydrogen-bond donors (Lipinski definition) is 0. The first-order valence-corrected chi connectivity index (χ1v) is 9.08. The minimum atomic E-state index is -3.48. The maximum absolute atomic E-state index is 12.5. The molecule has 0 spiro atoms. The van der Waals surface area contributed by atoms with Gasteiger partial charge in [-0.3, -0.25) is 0 Å². The summed E-state index contributed by atoms with van der Waals surface area (Å²) in [4.78, 5) is 1.32. The van der Waals surface area contributed by atoms with E-state index in [0.717, 1.165) is 10.6 Å². The molecule has 0 aromatic carbocycles. The van der Waals surface area contributed by atoms with Crippen LogP contribution in [0.1, 0.15) is 17.5 Å². The number of aromatic nitrogens is 1. The smallest absolute Gasteiger partial charge is 0.244 e. The minimum absolute atomic E-state index is 0.300. The van der Waals surface area contributed by atoms with Gasteiger partial charge < -0.3 is 4.57 Å². The SMILES string of the molecule is CCn1cc(S(=O)(=O)N(C)Cc2cccs2)cc1CCl. The lowest BCUT2D eigenvalue weighted by Gasteiger charge is -2.15. The van der Waals surface area contributed by atoms with E-state index in [2.05, 4.69) is 0 Å². The van der Waals surface area contributed by atoms with Crippen molar-refractivity contribution < 1.29 is 8.42 Å². The molecule has 0 fully saturated rings. The second kappa shape index (κ2) is 6.30. The first kappa shape index (κ1) is 15.6. The highest BCUT2D eigenvalue weighted by atomic mass is 35.5. The molecule has 0 bridgehead atoms. The zero-order valence-corrected chi connectivity index (χ0v) is 13.8. The fraction of sp³-hybridized carbons (Fsp3) is 0.385. The predicted octanol–water partition coefficient (Wildman–Crippen LogP) is 3.13. The highest BCUT2D eigenvalue weighted by Crippen LogP contribution is 2.22. The Bertz CT molecular complexity index is 641. The van der Waals surface area contributed by atoms with Crippen molar-refractivity contribution in [2.75, 3.05) is 7.05 Å².